The van der Waals surface area contributed by atoms with Gasteiger partial charge in [0.15, 0.2) is 5.82 Å². The molecule has 1 aromatic rings. The Morgan fingerprint density at radius 3 is 2.82 bits per heavy atom. The minimum atomic E-state index is -0.322. The summed E-state index contributed by atoms with van der Waals surface area (Å²) in [5.41, 5.74) is 1.25. The maximum absolute atomic E-state index is 11.7. The lowest BCUT2D eigenvalue weighted by Crippen LogP contribution is -2.10. The Balaban J connectivity index is 2.62. The molecule has 1 aromatic heterocycles. The van der Waals surface area contributed by atoms with Crippen molar-refractivity contribution in [3.8, 4) is 0 Å². The van der Waals surface area contributed by atoms with E-state index in [0.717, 1.165) is 18.7 Å². The van der Waals surface area contributed by atoms with Crippen LogP contribution >= 0.6 is 0 Å². The van der Waals surface area contributed by atoms with Crippen LogP contribution in [0.1, 0.15) is 49.2 Å². The number of nitrogens with one attached hydrogen (secondary N) is 2. The Morgan fingerprint density at radius 1 is 1.41 bits per heavy atom. The number of H-pyrrole nitrogens is 1. The zero-order chi connectivity index (χ0) is 12.7. The van der Waals surface area contributed by atoms with Crippen LogP contribution in [0.3, 0.4) is 0 Å². The monoisotopic (exact) mass is 239 g/mol. The van der Waals surface area contributed by atoms with Crippen molar-refractivity contribution in [1.29, 1.82) is 0 Å². The normalized spacial score (nSPS) is 10.3. The first kappa shape index (κ1) is 13.5. The van der Waals surface area contributed by atoms with Gasteiger partial charge in [-0.25, -0.2) is 4.79 Å². The lowest BCUT2D eigenvalue weighted by Gasteiger charge is -2.06. The van der Waals surface area contributed by atoms with E-state index < -0.39 is 0 Å². The molecule has 0 aliphatic heterocycles. The number of esters is 1. The summed E-state index contributed by atoms with van der Waals surface area (Å²) in [5, 5.41) is 10.0. The summed E-state index contributed by atoms with van der Waals surface area (Å²) < 4.78 is 5.00. The second-order valence-electron chi connectivity index (χ2n) is 3.93. The molecule has 0 saturated heterocycles. The van der Waals surface area contributed by atoms with E-state index in [1.165, 1.54) is 12.8 Å². The average Bonchev–Trinajstić information content (AvgIpc) is 2.66. The summed E-state index contributed by atoms with van der Waals surface area (Å²) in [6.07, 6.45) is 3.42. The van der Waals surface area contributed by atoms with E-state index in [2.05, 4.69) is 22.4 Å². The molecule has 0 aliphatic carbocycles. The molecule has 17 heavy (non-hydrogen) atoms. The van der Waals surface area contributed by atoms with E-state index in [9.17, 15) is 4.79 Å². The van der Waals surface area contributed by atoms with Crippen LogP contribution in [-0.4, -0.2) is 29.3 Å². The van der Waals surface area contributed by atoms with E-state index in [0.29, 0.717) is 18.0 Å². The van der Waals surface area contributed by atoms with Gasteiger partial charge in [-0.3, -0.25) is 5.10 Å². The standard InChI is InChI=1S/C12H21N3O2/c1-4-6-7-8-13-11-10(9(3)14-15-11)12(16)17-5-2/h4-8H2,1-3H3,(H2,13,14,15). The summed E-state index contributed by atoms with van der Waals surface area (Å²) in [6, 6.07) is 0. The fourth-order valence-corrected chi connectivity index (χ4v) is 1.59. The van der Waals surface area contributed by atoms with Crippen molar-refractivity contribution in [1.82, 2.24) is 10.2 Å². The van der Waals surface area contributed by atoms with Gasteiger partial charge in [0.2, 0.25) is 0 Å². The molecular weight excluding hydrogens is 218 g/mol. The maximum Gasteiger partial charge on any atom is 0.343 e. The molecule has 0 amide bonds. The number of aryl methyl sites for hydroxylation is 1. The van der Waals surface area contributed by atoms with E-state index in [-0.39, 0.29) is 5.97 Å². The minimum absolute atomic E-state index is 0.322. The molecule has 0 aromatic carbocycles. The summed E-state index contributed by atoms with van der Waals surface area (Å²) in [5.74, 6) is 0.272. The lowest BCUT2D eigenvalue weighted by molar-refractivity contribution is 0.0526. The van der Waals surface area contributed by atoms with Gasteiger partial charge in [-0.15, -0.1) is 0 Å². The third kappa shape index (κ3) is 3.76. The second kappa shape index (κ2) is 6.93. The highest BCUT2D eigenvalue weighted by atomic mass is 16.5. The minimum Gasteiger partial charge on any atom is -0.462 e. The van der Waals surface area contributed by atoms with Crippen LogP contribution in [0.2, 0.25) is 0 Å². The molecule has 96 valence electrons. The van der Waals surface area contributed by atoms with Gasteiger partial charge >= 0.3 is 5.97 Å². The number of hydrogen-bond acceptors (Lipinski definition) is 4. The number of carbonyl (C=O) groups is 1. The number of aromatic nitrogens is 2. The Kier molecular flexibility index (Phi) is 5.52. The molecule has 0 atom stereocenters. The number of carbonyl (C=O) groups excluding carboxylic acids is 1. The summed E-state index contributed by atoms with van der Waals surface area (Å²) >= 11 is 0. The molecule has 1 heterocycles. The van der Waals surface area contributed by atoms with Crippen LogP contribution in [-0.2, 0) is 4.74 Å². The quantitative estimate of drug-likeness (QED) is 0.566. The summed E-state index contributed by atoms with van der Waals surface area (Å²) in [4.78, 5) is 11.7. The van der Waals surface area contributed by atoms with Crippen LogP contribution < -0.4 is 5.32 Å². The maximum atomic E-state index is 11.7. The van der Waals surface area contributed by atoms with Gasteiger partial charge in [-0.05, 0) is 20.3 Å². The third-order valence-corrected chi connectivity index (χ3v) is 2.50. The smallest absolute Gasteiger partial charge is 0.343 e. The Hall–Kier alpha value is -1.52. The predicted molar refractivity (Wildman–Crippen MR) is 67.3 cm³/mol. The number of ether oxygens (including phenoxy) is 1. The molecule has 0 spiro atoms. The van der Waals surface area contributed by atoms with Crippen LogP contribution in [0.15, 0.2) is 0 Å². The van der Waals surface area contributed by atoms with Crippen molar-refractivity contribution in [3.63, 3.8) is 0 Å². The SMILES string of the molecule is CCCCCNc1n[nH]c(C)c1C(=O)OCC. The highest BCUT2D eigenvalue weighted by Crippen LogP contribution is 2.17. The Labute approximate surface area is 102 Å². The van der Waals surface area contributed by atoms with E-state index in [1.54, 1.807) is 6.92 Å². The number of anilines is 1. The molecule has 1 rings (SSSR count). The van der Waals surface area contributed by atoms with Gasteiger partial charge in [0.1, 0.15) is 5.56 Å². The molecule has 5 heteroatoms. The van der Waals surface area contributed by atoms with Crippen molar-refractivity contribution < 1.29 is 9.53 Å². The van der Waals surface area contributed by atoms with Gasteiger partial charge < -0.3 is 10.1 Å². The van der Waals surface area contributed by atoms with Gasteiger partial charge in [0, 0.05) is 12.2 Å². The molecule has 0 bridgehead atoms. The van der Waals surface area contributed by atoms with Gasteiger partial charge in [0.25, 0.3) is 0 Å². The fraction of sp³-hybridized carbons (Fsp3) is 0.667. The first-order chi connectivity index (χ1) is 8.20. The third-order valence-electron chi connectivity index (χ3n) is 2.50. The topological polar surface area (TPSA) is 67.0 Å². The number of rotatable bonds is 7. The van der Waals surface area contributed by atoms with Crippen LogP contribution in [0.5, 0.6) is 0 Å². The molecule has 0 fully saturated rings. The number of aromatic amines is 1. The second-order valence-corrected chi connectivity index (χ2v) is 3.93. The molecular formula is C12H21N3O2. The number of unbranched alkanes of at least 4 members (excludes halogenated alkanes) is 2. The van der Waals surface area contributed by atoms with Crippen molar-refractivity contribution in [2.45, 2.75) is 40.0 Å². The largest absolute Gasteiger partial charge is 0.462 e. The van der Waals surface area contributed by atoms with E-state index in [4.69, 9.17) is 4.74 Å². The molecule has 0 saturated carbocycles. The Bertz CT molecular complexity index is 361. The molecule has 2 N–H and O–H groups in total. The van der Waals surface area contributed by atoms with E-state index in [1.807, 2.05) is 6.92 Å². The van der Waals surface area contributed by atoms with Gasteiger partial charge in [-0.1, -0.05) is 19.8 Å². The first-order valence-electron chi connectivity index (χ1n) is 6.16. The van der Waals surface area contributed by atoms with Gasteiger partial charge in [-0.2, -0.15) is 5.10 Å². The molecule has 0 radical (unpaired) electrons. The summed E-state index contributed by atoms with van der Waals surface area (Å²) in [7, 11) is 0. The number of hydrogen-bond donors (Lipinski definition) is 2. The summed E-state index contributed by atoms with van der Waals surface area (Å²) in [6.45, 7) is 6.96. The Morgan fingerprint density at radius 2 is 2.18 bits per heavy atom. The first-order valence-corrected chi connectivity index (χ1v) is 6.16. The fourth-order valence-electron chi connectivity index (χ4n) is 1.59. The van der Waals surface area contributed by atoms with Crippen molar-refractivity contribution >= 4 is 11.8 Å². The average molecular weight is 239 g/mol. The molecule has 0 unspecified atom stereocenters. The predicted octanol–water partition coefficient (Wildman–Crippen LogP) is 2.50. The highest BCUT2D eigenvalue weighted by Gasteiger charge is 2.18. The van der Waals surface area contributed by atoms with Crippen LogP contribution in [0.4, 0.5) is 5.82 Å². The van der Waals surface area contributed by atoms with E-state index >= 15 is 0 Å². The van der Waals surface area contributed by atoms with Crippen molar-refractivity contribution in [2.24, 2.45) is 0 Å². The van der Waals surface area contributed by atoms with Gasteiger partial charge in [0.05, 0.1) is 6.61 Å². The number of nitrogens with zero attached hydrogens (tertiary/aromatic N) is 1. The van der Waals surface area contributed by atoms with Crippen molar-refractivity contribution in [2.75, 3.05) is 18.5 Å². The zero-order valence-corrected chi connectivity index (χ0v) is 10.8. The van der Waals surface area contributed by atoms with Crippen LogP contribution in [0.25, 0.3) is 0 Å². The van der Waals surface area contributed by atoms with Crippen LogP contribution in [0, 0.1) is 6.92 Å². The molecule has 5 nitrogen and oxygen atoms in total. The highest BCUT2D eigenvalue weighted by molar-refractivity contribution is 5.95. The zero-order valence-electron chi connectivity index (χ0n) is 10.8. The molecule has 0 aliphatic rings. The lowest BCUT2D eigenvalue weighted by atomic mass is 10.2. The van der Waals surface area contributed by atoms with Crippen molar-refractivity contribution in [3.05, 3.63) is 11.3 Å².